The van der Waals surface area contributed by atoms with E-state index in [1.54, 1.807) is 0 Å². The minimum Gasteiger partial charge on any atom is -0.388 e. The number of fused-ring (bicyclic) bond motifs is 1. The Morgan fingerprint density at radius 1 is 1.25 bits per heavy atom. The predicted octanol–water partition coefficient (Wildman–Crippen LogP) is 0.160. The number of rotatable bonds is 2. The Morgan fingerprint density at radius 2 is 2.00 bits per heavy atom. The highest BCUT2D eigenvalue weighted by atomic mass is 16.7. The van der Waals surface area contributed by atoms with Crippen molar-refractivity contribution in [3.05, 3.63) is 35.9 Å². The molecule has 20 heavy (non-hydrogen) atoms. The fraction of sp³-hybridized carbons (Fsp3) is 0.571. The molecule has 0 bridgehead atoms. The summed E-state index contributed by atoms with van der Waals surface area (Å²) in [5, 5.41) is 10.3. The monoisotopic (exact) mass is 281 g/mol. The second kappa shape index (κ2) is 5.77. The molecule has 0 unspecified atom stereocenters. The van der Waals surface area contributed by atoms with E-state index in [2.05, 4.69) is 0 Å². The lowest BCUT2D eigenvalue weighted by Gasteiger charge is -2.46. The third kappa shape index (κ3) is 2.46. The average Bonchev–Trinajstić information content (AvgIpc) is 2.51. The fourth-order valence-electron chi connectivity index (χ4n) is 2.60. The van der Waals surface area contributed by atoms with Crippen molar-refractivity contribution in [3.63, 3.8) is 0 Å². The Labute approximate surface area is 117 Å². The van der Waals surface area contributed by atoms with Crippen LogP contribution in [0.25, 0.3) is 0 Å². The lowest BCUT2D eigenvalue weighted by Crippen LogP contribution is -2.64. The summed E-state index contributed by atoms with van der Waals surface area (Å²) in [4.78, 5) is 0. The van der Waals surface area contributed by atoms with E-state index in [9.17, 15) is 5.11 Å². The zero-order valence-corrected chi connectivity index (χ0v) is 11.2. The third-order valence-corrected chi connectivity index (χ3v) is 3.72. The second-order valence-corrected chi connectivity index (χ2v) is 5.02. The Bertz CT molecular complexity index is 440. The van der Waals surface area contributed by atoms with Crippen molar-refractivity contribution in [2.24, 2.45) is 5.73 Å². The summed E-state index contributed by atoms with van der Waals surface area (Å²) in [6, 6.07) is 8.93. The van der Waals surface area contributed by atoms with Crippen LogP contribution in [0, 0.1) is 0 Å². The first kappa shape index (κ1) is 13.9. The minimum atomic E-state index is -0.853. The van der Waals surface area contributed by atoms with Crippen LogP contribution < -0.4 is 5.73 Å². The minimum absolute atomic E-state index is 0.327. The number of aliphatic hydroxyl groups excluding tert-OH is 1. The highest BCUT2D eigenvalue weighted by Crippen LogP contribution is 2.33. The van der Waals surface area contributed by atoms with Crippen molar-refractivity contribution in [2.45, 2.75) is 36.9 Å². The summed E-state index contributed by atoms with van der Waals surface area (Å²) in [7, 11) is 1.49. The average molecular weight is 281 g/mol. The van der Waals surface area contributed by atoms with Gasteiger partial charge in [0.15, 0.2) is 12.6 Å². The molecule has 0 aliphatic carbocycles. The number of ether oxygens (including phenoxy) is 4. The molecule has 0 radical (unpaired) electrons. The van der Waals surface area contributed by atoms with E-state index in [1.165, 1.54) is 7.11 Å². The number of aliphatic hydroxyl groups is 1. The Hall–Kier alpha value is -1.02. The van der Waals surface area contributed by atoms with Gasteiger partial charge in [0.25, 0.3) is 0 Å². The molecular weight excluding hydrogens is 262 g/mol. The van der Waals surface area contributed by atoms with Gasteiger partial charge in [-0.3, -0.25) is 0 Å². The lowest BCUT2D eigenvalue weighted by molar-refractivity contribution is -0.339. The molecule has 2 fully saturated rings. The normalized spacial score (nSPS) is 41.1. The third-order valence-electron chi connectivity index (χ3n) is 3.72. The first-order valence-corrected chi connectivity index (χ1v) is 6.64. The summed E-state index contributed by atoms with van der Waals surface area (Å²) in [6.45, 7) is 0.327. The van der Waals surface area contributed by atoms with Crippen LogP contribution in [0.4, 0.5) is 0 Å². The van der Waals surface area contributed by atoms with Gasteiger partial charge in [-0.1, -0.05) is 30.3 Å². The Morgan fingerprint density at radius 3 is 2.70 bits per heavy atom. The van der Waals surface area contributed by atoms with Gasteiger partial charge in [0.1, 0.15) is 18.3 Å². The maximum atomic E-state index is 10.3. The largest absolute Gasteiger partial charge is 0.388 e. The van der Waals surface area contributed by atoms with E-state index in [0.717, 1.165) is 5.56 Å². The Balaban J connectivity index is 1.74. The first-order chi connectivity index (χ1) is 9.70. The molecule has 0 aromatic heterocycles. The zero-order valence-electron chi connectivity index (χ0n) is 11.2. The molecule has 1 aromatic carbocycles. The van der Waals surface area contributed by atoms with Crippen molar-refractivity contribution in [1.29, 1.82) is 0 Å². The van der Waals surface area contributed by atoms with Gasteiger partial charge in [0.2, 0.25) is 0 Å². The molecule has 3 N–H and O–H groups in total. The van der Waals surface area contributed by atoms with Gasteiger partial charge in [-0.25, -0.2) is 0 Å². The van der Waals surface area contributed by atoms with Gasteiger partial charge >= 0.3 is 0 Å². The van der Waals surface area contributed by atoms with E-state index in [0.29, 0.717) is 6.61 Å². The molecule has 6 heteroatoms. The number of hydrogen-bond acceptors (Lipinski definition) is 6. The highest BCUT2D eigenvalue weighted by molar-refractivity contribution is 5.16. The zero-order chi connectivity index (χ0) is 14.1. The van der Waals surface area contributed by atoms with Crippen LogP contribution >= 0.6 is 0 Å². The van der Waals surface area contributed by atoms with Crippen molar-refractivity contribution >= 4 is 0 Å². The van der Waals surface area contributed by atoms with Crippen LogP contribution in [0.3, 0.4) is 0 Å². The summed E-state index contributed by atoms with van der Waals surface area (Å²) in [6.07, 6.45) is -2.91. The first-order valence-electron chi connectivity index (χ1n) is 6.64. The van der Waals surface area contributed by atoms with Crippen LogP contribution in [0.2, 0.25) is 0 Å². The van der Waals surface area contributed by atoms with E-state index < -0.39 is 30.8 Å². The van der Waals surface area contributed by atoms with Gasteiger partial charge < -0.3 is 29.8 Å². The van der Waals surface area contributed by atoms with Gasteiger partial charge in [0, 0.05) is 12.7 Å². The van der Waals surface area contributed by atoms with E-state index in [4.69, 9.17) is 24.7 Å². The van der Waals surface area contributed by atoms with Crippen LogP contribution in [0.5, 0.6) is 0 Å². The molecule has 3 rings (SSSR count). The molecule has 2 heterocycles. The maximum absolute atomic E-state index is 10.3. The molecule has 6 atom stereocenters. The van der Waals surface area contributed by atoms with Crippen molar-refractivity contribution in [3.8, 4) is 0 Å². The molecule has 2 aliphatic heterocycles. The summed E-state index contributed by atoms with van der Waals surface area (Å²) in [5.41, 5.74) is 6.81. The van der Waals surface area contributed by atoms with E-state index in [1.807, 2.05) is 30.3 Å². The summed E-state index contributed by atoms with van der Waals surface area (Å²) < 4.78 is 22.2. The Kier molecular flexibility index (Phi) is 4.02. The molecule has 0 saturated carbocycles. The molecular formula is C14H19NO5. The van der Waals surface area contributed by atoms with Crippen LogP contribution in [-0.2, 0) is 18.9 Å². The quantitative estimate of drug-likeness (QED) is 0.803. The van der Waals surface area contributed by atoms with Crippen molar-refractivity contribution < 1.29 is 24.1 Å². The maximum Gasteiger partial charge on any atom is 0.184 e. The molecule has 6 nitrogen and oxygen atoms in total. The smallest absolute Gasteiger partial charge is 0.184 e. The lowest BCUT2D eigenvalue weighted by atomic mass is 9.96. The molecule has 0 spiro atoms. The molecule has 2 saturated heterocycles. The number of hydrogen-bond donors (Lipinski definition) is 2. The molecule has 0 amide bonds. The predicted molar refractivity (Wildman–Crippen MR) is 69.7 cm³/mol. The highest BCUT2D eigenvalue weighted by Gasteiger charge is 2.48. The summed E-state index contributed by atoms with van der Waals surface area (Å²) in [5.74, 6) is 0. The summed E-state index contributed by atoms with van der Waals surface area (Å²) >= 11 is 0. The molecule has 110 valence electrons. The molecule has 2 aliphatic rings. The van der Waals surface area contributed by atoms with Crippen LogP contribution in [-0.4, -0.2) is 49.5 Å². The van der Waals surface area contributed by atoms with Crippen molar-refractivity contribution in [1.82, 2.24) is 0 Å². The topological polar surface area (TPSA) is 83.2 Å². The van der Waals surface area contributed by atoms with Gasteiger partial charge in [-0.2, -0.15) is 0 Å². The van der Waals surface area contributed by atoms with Gasteiger partial charge in [-0.15, -0.1) is 0 Å². The molecule has 1 aromatic rings. The van der Waals surface area contributed by atoms with Crippen LogP contribution in [0.1, 0.15) is 11.9 Å². The van der Waals surface area contributed by atoms with Crippen LogP contribution in [0.15, 0.2) is 30.3 Å². The second-order valence-electron chi connectivity index (χ2n) is 5.02. The van der Waals surface area contributed by atoms with E-state index in [-0.39, 0.29) is 6.10 Å². The fourth-order valence-corrected chi connectivity index (χ4v) is 2.60. The van der Waals surface area contributed by atoms with Gasteiger partial charge in [0.05, 0.1) is 12.6 Å². The standard InChI is InChI=1S/C14H19NO5/c1-17-14-10(15)11(16)12-9(19-14)7-18-13(20-12)8-5-3-2-4-6-8/h2-6,9-14,16H,7,15H2,1H3/t9-,10+,11+,12-,13+,14-/m1/s1. The van der Waals surface area contributed by atoms with E-state index >= 15 is 0 Å². The number of methoxy groups -OCH3 is 1. The number of nitrogens with two attached hydrogens (primary N) is 1. The van der Waals surface area contributed by atoms with Gasteiger partial charge in [-0.05, 0) is 0 Å². The number of benzene rings is 1. The SMILES string of the molecule is CO[C@@H]1O[C@@H]2CO[C@H](c3ccccc3)O[C@H]2[C@@H](O)[C@@H]1N. The van der Waals surface area contributed by atoms with Crippen molar-refractivity contribution in [2.75, 3.05) is 13.7 Å².